The number of aliphatic hydroxyl groups is 4. The van der Waals surface area contributed by atoms with E-state index in [0.29, 0.717) is 0 Å². The maximum atomic E-state index is 10.1. The number of hydrogen-bond donors (Lipinski definition) is 4. The van der Waals surface area contributed by atoms with Crippen molar-refractivity contribution >= 4 is 6.26 Å². The summed E-state index contributed by atoms with van der Waals surface area (Å²) in [5.41, 5.74) is 0. The second kappa shape index (κ2) is 5.20. The van der Waals surface area contributed by atoms with Crippen molar-refractivity contribution in [1.82, 2.24) is 0 Å². The van der Waals surface area contributed by atoms with Crippen LogP contribution in [0.1, 0.15) is 7.79 Å². The molecular formula is C6H12O5. The van der Waals surface area contributed by atoms with Crippen LogP contribution in [0.2, 0.25) is 0 Å². The van der Waals surface area contributed by atoms with Crippen LogP contribution < -0.4 is 0 Å². The molecule has 0 spiro atoms. The van der Waals surface area contributed by atoms with Crippen molar-refractivity contribution in [2.45, 2.75) is 24.7 Å². The van der Waals surface area contributed by atoms with Crippen LogP contribution in [0.25, 0.3) is 0 Å². The number of hydrogen-bond acceptors (Lipinski definition) is 5. The summed E-state index contributed by atoms with van der Waals surface area (Å²) in [5.74, 6) is 0. The molecule has 5 heteroatoms. The van der Waals surface area contributed by atoms with E-state index in [1.54, 1.807) is 0 Å². The highest BCUT2D eigenvalue weighted by Gasteiger charge is 2.23. The van der Waals surface area contributed by atoms with Gasteiger partial charge in [0.1, 0.15) is 19.8 Å². The van der Waals surface area contributed by atoms with Crippen LogP contribution in [0.5, 0.6) is 0 Å². The number of aldehydes is 1. The van der Waals surface area contributed by atoms with Gasteiger partial charge < -0.3 is 25.2 Å². The minimum Gasteiger partial charge on any atom is -0.394 e. The molecule has 4 N–H and O–H groups in total. The van der Waals surface area contributed by atoms with E-state index in [0.717, 1.165) is 0 Å². The average molecular weight is 166 g/mol. The van der Waals surface area contributed by atoms with E-state index in [1.807, 2.05) is 0 Å². The first-order valence-electron chi connectivity index (χ1n) is 3.63. The quantitative estimate of drug-likeness (QED) is 0.271. The van der Waals surface area contributed by atoms with E-state index in [4.69, 9.17) is 21.8 Å². The Hall–Kier alpha value is -0.490. The Morgan fingerprint density at radius 2 is 1.91 bits per heavy atom. The maximum absolute atomic E-state index is 10.1. The van der Waals surface area contributed by atoms with E-state index in [2.05, 4.69) is 0 Å². The third kappa shape index (κ3) is 3.43. The Labute approximate surface area is 65.3 Å². The summed E-state index contributed by atoms with van der Waals surface area (Å²) in [4.78, 5) is 10.1. The van der Waals surface area contributed by atoms with Gasteiger partial charge in [-0.1, -0.05) is 0 Å². The first kappa shape index (κ1) is 8.61. The molecule has 0 aliphatic carbocycles. The summed E-state index contributed by atoms with van der Waals surface area (Å²) < 4.78 is 6.45. The molecule has 0 rings (SSSR count). The lowest BCUT2D eigenvalue weighted by atomic mass is 10.1. The molecule has 11 heavy (non-hydrogen) atoms. The summed E-state index contributed by atoms with van der Waals surface area (Å²) in [5, 5.41) is 35.0. The van der Waals surface area contributed by atoms with Gasteiger partial charge in [-0.15, -0.1) is 0 Å². The molecule has 0 aromatic rings. The van der Waals surface area contributed by atoms with Gasteiger partial charge in [-0.3, -0.25) is 0 Å². The average Bonchev–Trinajstić information content (AvgIpc) is 2.00. The zero-order valence-corrected chi connectivity index (χ0v) is 5.84. The Morgan fingerprint density at radius 3 is 2.27 bits per heavy atom. The molecule has 0 bridgehead atoms. The minimum atomic E-state index is -1.59. The van der Waals surface area contributed by atoms with Gasteiger partial charge in [0.05, 0.1) is 12.7 Å². The summed E-state index contributed by atoms with van der Waals surface area (Å²) in [6.45, 7) is -0.704. The standard InChI is InChI=1S/C6H12O5/c7-2-1-4(9)6(11)5(10)3-8/h2,4-6,8-11H,1,3H2/t4-,5-,6+/m1/s1/i2+1D. The lowest BCUT2D eigenvalue weighted by Crippen LogP contribution is -2.39. The van der Waals surface area contributed by atoms with Crippen LogP contribution in [-0.2, 0) is 4.79 Å². The van der Waals surface area contributed by atoms with Crippen LogP contribution in [-0.4, -0.2) is 51.6 Å². The van der Waals surface area contributed by atoms with Gasteiger partial charge in [0.15, 0.2) is 0 Å². The molecular weight excluding hydrogens is 153 g/mol. The van der Waals surface area contributed by atoms with E-state index in [1.165, 1.54) is 0 Å². The first-order valence-corrected chi connectivity index (χ1v) is 3.13. The van der Waals surface area contributed by atoms with Crippen molar-refractivity contribution < 1.29 is 26.6 Å². The molecule has 0 fully saturated rings. The van der Waals surface area contributed by atoms with Gasteiger partial charge in [0.2, 0.25) is 0 Å². The van der Waals surface area contributed by atoms with E-state index < -0.39 is 37.6 Å². The zero-order valence-electron chi connectivity index (χ0n) is 6.84. The number of carbonyl (C=O) groups excluding carboxylic acids is 1. The van der Waals surface area contributed by atoms with Crippen molar-refractivity contribution in [2.24, 2.45) is 0 Å². The fourth-order valence-electron chi connectivity index (χ4n) is 0.571. The monoisotopic (exact) mass is 166 g/mol. The number of aliphatic hydroxyl groups excluding tert-OH is 4. The van der Waals surface area contributed by atoms with Gasteiger partial charge in [-0.05, 0) is 0 Å². The SMILES string of the molecule is [2H][13C](=O)C[C@@H](O)[C@H](O)[C@H](O)CO. The van der Waals surface area contributed by atoms with Crippen LogP contribution in [0, 0.1) is 0 Å². The molecule has 5 nitrogen and oxygen atoms in total. The van der Waals surface area contributed by atoms with Crippen molar-refractivity contribution in [3.05, 3.63) is 0 Å². The van der Waals surface area contributed by atoms with Crippen LogP contribution in [0.3, 0.4) is 0 Å². The lowest BCUT2D eigenvalue weighted by Gasteiger charge is -2.19. The third-order valence-electron chi connectivity index (χ3n) is 1.27. The van der Waals surface area contributed by atoms with E-state index in [9.17, 15) is 4.79 Å². The summed E-state index contributed by atoms with van der Waals surface area (Å²) in [6.07, 6.45) is -6.18. The fraction of sp³-hybridized carbons (Fsp3) is 0.833. The second-order valence-electron chi connectivity index (χ2n) is 2.16. The van der Waals surface area contributed by atoms with Crippen molar-refractivity contribution in [1.29, 1.82) is 0 Å². The van der Waals surface area contributed by atoms with Crippen molar-refractivity contribution in [2.75, 3.05) is 6.61 Å². The molecule has 0 aromatic heterocycles. The van der Waals surface area contributed by atoms with Gasteiger partial charge in [0.25, 0.3) is 0 Å². The molecule has 0 radical (unpaired) electrons. The summed E-state index contributed by atoms with van der Waals surface area (Å²) in [7, 11) is 0. The highest BCUT2D eigenvalue weighted by atomic mass is 16.4. The molecule has 0 heterocycles. The Kier molecular flexibility index (Phi) is 4.07. The minimum absolute atomic E-state index is 0.557. The molecule has 3 atom stereocenters. The second-order valence-corrected chi connectivity index (χ2v) is 2.16. The van der Waals surface area contributed by atoms with Crippen LogP contribution in [0.4, 0.5) is 0 Å². The van der Waals surface area contributed by atoms with E-state index >= 15 is 0 Å². The van der Waals surface area contributed by atoms with E-state index in [-0.39, 0.29) is 0 Å². The summed E-state index contributed by atoms with van der Waals surface area (Å²) >= 11 is 0. The summed E-state index contributed by atoms with van der Waals surface area (Å²) in [6, 6.07) is 0. The molecule has 0 unspecified atom stereocenters. The van der Waals surface area contributed by atoms with Gasteiger partial charge >= 0.3 is 0 Å². The van der Waals surface area contributed by atoms with Gasteiger partial charge in [-0.25, -0.2) is 0 Å². The largest absolute Gasteiger partial charge is 0.394 e. The van der Waals surface area contributed by atoms with Crippen LogP contribution >= 0.6 is 0 Å². The zero-order chi connectivity index (χ0) is 9.72. The fourth-order valence-corrected chi connectivity index (χ4v) is 0.571. The Morgan fingerprint density at radius 1 is 1.36 bits per heavy atom. The van der Waals surface area contributed by atoms with Gasteiger partial charge in [0, 0.05) is 6.42 Å². The molecule has 0 aromatic carbocycles. The Bertz CT molecular complexity index is 151. The highest BCUT2D eigenvalue weighted by Crippen LogP contribution is 2.01. The predicted octanol–water partition coefficient (Wildman–Crippen LogP) is -2.35. The highest BCUT2D eigenvalue weighted by molar-refractivity contribution is 5.50. The van der Waals surface area contributed by atoms with Gasteiger partial charge in [-0.2, -0.15) is 0 Å². The predicted molar refractivity (Wildman–Crippen MR) is 35.8 cm³/mol. The molecule has 0 amide bonds. The molecule has 0 aliphatic heterocycles. The number of rotatable bonds is 5. The molecule has 0 saturated heterocycles. The van der Waals surface area contributed by atoms with Crippen molar-refractivity contribution in [3.63, 3.8) is 0 Å². The molecule has 66 valence electrons. The van der Waals surface area contributed by atoms with Crippen LogP contribution in [0.15, 0.2) is 0 Å². The number of carbonyl (C=O) groups is 1. The smallest absolute Gasteiger partial charge is 0.122 e. The topological polar surface area (TPSA) is 98.0 Å². The maximum Gasteiger partial charge on any atom is 0.122 e. The lowest BCUT2D eigenvalue weighted by molar-refractivity contribution is -0.115. The molecule has 0 aliphatic rings. The normalized spacial score (nSPS) is 20.2. The van der Waals surface area contributed by atoms with Crippen molar-refractivity contribution in [3.8, 4) is 0 Å². The Balaban J connectivity index is 3.91. The third-order valence-corrected chi connectivity index (χ3v) is 1.27. The first-order chi connectivity index (χ1) is 5.49. The molecule has 0 saturated carbocycles.